The number of amides is 1. The zero-order valence-electron chi connectivity index (χ0n) is 12.6. The highest BCUT2D eigenvalue weighted by Crippen LogP contribution is 2.26. The molecule has 1 N–H and O–H groups in total. The van der Waals surface area contributed by atoms with E-state index < -0.39 is 0 Å². The van der Waals surface area contributed by atoms with Gasteiger partial charge in [-0.15, -0.1) is 10.2 Å². The third-order valence-electron chi connectivity index (χ3n) is 3.05. The summed E-state index contributed by atoms with van der Waals surface area (Å²) in [6.45, 7) is 1.78. The van der Waals surface area contributed by atoms with Crippen molar-refractivity contribution in [3.63, 3.8) is 0 Å². The van der Waals surface area contributed by atoms with Gasteiger partial charge in [0.1, 0.15) is 0 Å². The first-order valence-electron chi connectivity index (χ1n) is 7.09. The van der Waals surface area contributed by atoms with Gasteiger partial charge in [0, 0.05) is 22.6 Å². The van der Waals surface area contributed by atoms with Crippen LogP contribution in [0.15, 0.2) is 62.9 Å². The average molecular weight is 405 g/mol. The molecule has 1 amide bonds. The fourth-order valence-corrected chi connectivity index (χ4v) is 2.96. The van der Waals surface area contributed by atoms with Gasteiger partial charge in [0.05, 0.1) is 10.8 Å². The van der Waals surface area contributed by atoms with E-state index in [9.17, 15) is 4.79 Å². The van der Waals surface area contributed by atoms with Crippen LogP contribution in [0, 0.1) is 0 Å². The van der Waals surface area contributed by atoms with Crippen LogP contribution in [0.5, 0.6) is 0 Å². The first kappa shape index (κ1) is 16.7. The van der Waals surface area contributed by atoms with Crippen molar-refractivity contribution in [3.05, 3.63) is 53.3 Å². The van der Waals surface area contributed by atoms with Crippen LogP contribution in [0.3, 0.4) is 0 Å². The molecule has 0 bridgehead atoms. The molecule has 1 atom stereocenters. The minimum Gasteiger partial charge on any atom is -0.411 e. The standard InChI is InChI=1S/C16H13BrN4O2S/c1-10(14(22)19-13-6-2-5-12(17)8-13)24-16-21-20-15(23-16)11-4-3-7-18-9-11/h2-10H,1H3,(H,19,22)/t10-/m0/s1. The fourth-order valence-electron chi connectivity index (χ4n) is 1.88. The van der Waals surface area contributed by atoms with E-state index in [-0.39, 0.29) is 11.2 Å². The number of carbonyl (C=O) groups is 1. The number of aromatic nitrogens is 3. The quantitative estimate of drug-likeness (QED) is 0.646. The highest BCUT2D eigenvalue weighted by Gasteiger charge is 2.19. The van der Waals surface area contributed by atoms with Crippen LogP contribution in [0.1, 0.15) is 6.92 Å². The minimum atomic E-state index is -0.383. The Morgan fingerprint density at radius 1 is 1.29 bits per heavy atom. The fraction of sp³-hybridized carbons (Fsp3) is 0.125. The number of rotatable bonds is 5. The van der Waals surface area contributed by atoms with Crippen LogP contribution in [0.2, 0.25) is 0 Å². The Bertz CT molecular complexity index is 841. The predicted octanol–water partition coefficient (Wildman–Crippen LogP) is 4.01. The lowest BCUT2D eigenvalue weighted by Gasteiger charge is -2.10. The summed E-state index contributed by atoms with van der Waals surface area (Å²) < 4.78 is 6.47. The van der Waals surface area contributed by atoms with E-state index in [0.29, 0.717) is 11.1 Å². The van der Waals surface area contributed by atoms with Crippen molar-refractivity contribution in [1.82, 2.24) is 15.2 Å². The number of pyridine rings is 1. The van der Waals surface area contributed by atoms with Gasteiger partial charge in [0.2, 0.25) is 11.8 Å². The van der Waals surface area contributed by atoms with Crippen LogP contribution in [-0.4, -0.2) is 26.3 Å². The molecule has 1 aromatic carbocycles. The molecule has 0 aliphatic rings. The molecule has 0 unspecified atom stereocenters. The van der Waals surface area contributed by atoms with Crippen LogP contribution in [0.4, 0.5) is 5.69 Å². The first-order valence-corrected chi connectivity index (χ1v) is 8.76. The molecule has 6 nitrogen and oxygen atoms in total. The summed E-state index contributed by atoms with van der Waals surface area (Å²) in [5.41, 5.74) is 1.46. The van der Waals surface area contributed by atoms with Crippen molar-refractivity contribution in [2.24, 2.45) is 0 Å². The molecule has 2 aromatic heterocycles. The molecule has 3 aromatic rings. The number of halogens is 1. The van der Waals surface area contributed by atoms with Gasteiger partial charge in [0.25, 0.3) is 5.22 Å². The van der Waals surface area contributed by atoms with Gasteiger partial charge in [-0.25, -0.2) is 0 Å². The maximum Gasteiger partial charge on any atom is 0.277 e. The zero-order chi connectivity index (χ0) is 16.9. The number of anilines is 1. The lowest BCUT2D eigenvalue weighted by Crippen LogP contribution is -2.22. The second kappa shape index (κ2) is 7.59. The Balaban J connectivity index is 1.63. The summed E-state index contributed by atoms with van der Waals surface area (Å²) in [6, 6.07) is 11.0. The number of hydrogen-bond donors (Lipinski definition) is 1. The van der Waals surface area contributed by atoms with Gasteiger partial charge < -0.3 is 9.73 Å². The summed E-state index contributed by atoms with van der Waals surface area (Å²) in [4.78, 5) is 16.3. The molecule has 24 heavy (non-hydrogen) atoms. The van der Waals surface area contributed by atoms with E-state index in [4.69, 9.17) is 4.42 Å². The third-order valence-corrected chi connectivity index (χ3v) is 4.48. The maximum absolute atomic E-state index is 12.3. The van der Waals surface area contributed by atoms with Crippen LogP contribution in [0.25, 0.3) is 11.5 Å². The third kappa shape index (κ3) is 4.21. The Hall–Kier alpha value is -2.19. The number of nitrogens with one attached hydrogen (secondary N) is 1. The summed E-state index contributed by atoms with van der Waals surface area (Å²) >= 11 is 4.58. The average Bonchev–Trinajstić information content (AvgIpc) is 3.04. The number of thioether (sulfide) groups is 1. The summed E-state index contributed by atoms with van der Waals surface area (Å²) in [6.07, 6.45) is 3.31. The highest BCUT2D eigenvalue weighted by atomic mass is 79.9. The second-order valence-corrected chi connectivity index (χ2v) is 7.08. The van der Waals surface area contributed by atoms with E-state index in [1.165, 1.54) is 11.8 Å². The van der Waals surface area contributed by atoms with Crippen molar-refractivity contribution in [2.45, 2.75) is 17.4 Å². The van der Waals surface area contributed by atoms with Gasteiger partial charge in [0.15, 0.2) is 0 Å². The number of benzene rings is 1. The van der Waals surface area contributed by atoms with E-state index in [2.05, 4.69) is 36.4 Å². The first-order chi connectivity index (χ1) is 11.6. The molecular weight excluding hydrogens is 392 g/mol. The van der Waals surface area contributed by atoms with E-state index in [1.54, 1.807) is 25.4 Å². The molecule has 0 radical (unpaired) electrons. The number of nitrogens with zero attached hydrogens (tertiary/aromatic N) is 3. The lowest BCUT2D eigenvalue weighted by atomic mass is 10.3. The normalized spacial score (nSPS) is 11.9. The zero-order valence-corrected chi connectivity index (χ0v) is 15.0. The lowest BCUT2D eigenvalue weighted by molar-refractivity contribution is -0.115. The van der Waals surface area contributed by atoms with Crippen molar-refractivity contribution in [1.29, 1.82) is 0 Å². The molecular formula is C16H13BrN4O2S. The van der Waals surface area contributed by atoms with E-state index in [1.807, 2.05) is 30.3 Å². The number of carbonyl (C=O) groups excluding carboxylic acids is 1. The Kier molecular flexibility index (Phi) is 5.27. The van der Waals surface area contributed by atoms with Crippen LogP contribution >= 0.6 is 27.7 Å². The molecule has 0 fully saturated rings. The summed E-state index contributed by atoms with van der Waals surface area (Å²) in [7, 11) is 0. The molecule has 0 spiro atoms. The van der Waals surface area contributed by atoms with Crippen LogP contribution < -0.4 is 5.32 Å². The van der Waals surface area contributed by atoms with Crippen molar-refractivity contribution < 1.29 is 9.21 Å². The Morgan fingerprint density at radius 3 is 2.92 bits per heavy atom. The van der Waals surface area contributed by atoms with E-state index in [0.717, 1.165) is 15.7 Å². The largest absolute Gasteiger partial charge is 0.411 e. The summed E-state index contributed by atoms with van der Waals surface area (Å²) in [5.74, 6) is 0.240. The molecule has 2 heterocycles. The maximum atomic E-state index is 12.3. The molecule has 0 saturated heterocycles. The number of hydrogen-bond acceptors (Lipinski definition) is 6. The Labute approximate surface area is 151 Å². The smallest absolute Gasteiger partial charge is 0.277 e. The predicted molar refractivity (Wildman–Crippen MR) is 95.6 cm³/mol. The SMILES string of the molecule is C[C@H](Sc1nnc(-c2cccnc2)o1)C(=O)Nc1cccc(Br)c1. The van der Waals surface area contributed by atoms with Crippen LogP contribution in [-0.2, 0) is 4.79 Å². The minimum absolute atomic E-state index is 0.140. The topological polar surface area (TPSA) is 80.9 Å². The van der Waals surface area contributed by atoms with Gasteiger partial charge in [-0.1, -0.05) is 33.8 Å². The van der Waals surface area contributed by atoms with Gasteiger partial charge >= 0.3 is 0 Å². The molecule has 0 aliphatic carbocycles. The van der Waals surface area contributed by atoms with Gasteiger partial charge in [-0.3, -0.25) is 9.78 Å². The highest BCUT2D eigenvalue weighted by molar-refractivity contribution is 9.10. The molecule has 8 heteroatoms. The van der Waals surface area contributed by atoms with E-state index >= 15 is 0 Å². The van der Waals surface area contributed by atoms with Crippen molar-refractivity contribution in [3.8, 4) is 11.5 Å². The van der Waals surface area contributed by atoms with Gasteiger partial charge in [-0.2, -0.15) is 0 Å². The Morgan fingerprint density at radius 2 is 2.17 bits per heavy atom. The molecule has 0 saturated carbocycles. The molecule has 3 rings (SSSR count). The van der Waals surface area contributed by atoms with Crippen molar-refractivity contribution >= 4 is 39.3 Å². The molecule has 122 valence electrons. The summed E-state index contributed by atoms with van der Waals surface area (Å²) in [5, 5.41) is 10.8. The van der Waals surface area contributed by atoms with Gasteiger partial charge in [-0.05, 0) is 37.3 Å². The molecule has 0 aliphatic heterocycles. The van der Waals surface area contributed by atoms with Crippen molar-refractivity contribution in [2.75, 3.05) is 5.32 Å². The monoisotopic (exact) mass is 404 g/mol. The second-order valence-electron chi connectivity index (χ2n) is 4.87.